The van der Waals surface area contributed by atoms with E-state index >= 15 is 0 Å². The van der Waals surface area contributed by atoms with E-state index in [0.29, 0.717) is 16.6 Å². The number of hydrogen-bond acceptors (Lipinski definition) is 2. The van der Waals surface area contributed by atoms with Crippen molar-refractivity contribution in [2.45, 2.75) is 19.4 Å². The van der Waals surface area contributed by atoms with Crippen LogP contribution in [0, 0.1) is 5.92 Å². The molecule has 3 nitrogen and oxygen atoms in total. The molecule has 5 heteroatoms. The Hall–Kier alpha value is -0.770. The number of nitrogens with zero attached hydrogens (tertiary/aromatic N) is 1. The molecule has 0 saturated carbocycles. The van der Waals surface area contributed by atoms with Gasteiger partial charge in [-0.3, -0.25) is 9.69 Å². The highest BCUT2D eigenvalue weighted by Crippen LogP contribution is 2.24. The average molecular weight is 288 g/mol. The Labute approximate surface area is 116 Å². The zero-order valence-electron chi connectivity index (χ0n) is 9.90. The Morgan fingerprint density at radius 3 is 2.83 bits per heavy atom. The van der Waals surface area contributed by atoms with E-state index in [4.69, 9.17) is 28.3 Å². The lowest BCUT2D eigenvalue weighted by molar-refractivity contribution is -0.143. The number of carboxylic acid groups (broad SMARTS) is 1. The number of benzene rings is 1. The van der Waals surface area contributed by atoms with Crippen molar-refractivity contribution in [1.82, 2.24) is 4.90 Å². The fourth-order valence-electron chi connectivity index (χ4n) is 2.30. The van der Waals surface area contributed by atoms with E-state index in [1.165, 1.54) is 0 Å². The summed E-state index contributed by atoms with van der Waals surface area (Å²) in [6.07, 6.45) is 1.70. The maximum absolute atomic E-state index is 11.0. The van der Waals surface area contributed by atoms with Gasteiger partial charge in [0.1, 0.15) is 0 Å². The summed E-state index contributed by atoms with van der Waals surface area (Å²) in [6, 6.07) is 5.55. The second-order valence-electron chi connectivity index (χ2n) is 4.66. The molecule has 0 spiro atoms. The molecule has 98 valence electrons. The molecule has 0 radical (unpaired) electrons. The van der Waals surface area contributed by atoms with Gasteiger partial charge in [-0.15, -0.1) is 0 Å². The molecule has 1 saturated heterocycles. The quantitative estimate of drug-likeness (QED) is 0.927. The molecule has 1 unspecified atom stereocenters. The molecule has 1 aliphatic rings. The lowest BCUT2D eigenvalue weighted by Gasteiger charge is -2.30. The number of halogens is 2. The fourth-order valence-corrected chi connectivity index (χ4v) is 2.62. The second-order valence-corrected chi connectivity index (χ2v) is 5.48. The van der Waals surface area contributed by atoms with E-state index in [0.717, 1.165) is 31.5 Å². The topological polar surface area (TPSA) is 40.5 Å². The van der Waals surface area contributed by atoms with E-state index in [1.54, 1.807) is 6.07 Å². The highest BCUT2D eigenvalue weighted by atomic mass is 35.5. The molecule has 0 bridgehead atoms. The molecule has 2 rings (SSSR count). The molecular weight excluding hydrogens is 273 g/mol. The van der Waals surface area contributed by atoms with Gasteiger partial charge in [0, 0.05) is 13.1 Å². The zero-order chi connectivity index (χ0) is 13.1. The van der Waals surface area contributed by atoms with Crippen LogP contribution in [0.5, 0.6) is 0 Å². The average Bonchev–Trinajstić information content (AvgIpc) is 2.34. The Bertz CT molecular complexity index is 451. The summed E-state index contributed by atoms with van der Waals surface area (Å²) < 4.78 is 0. The van der Waals surface area contributed by atoms with E-state index < -0.39 is 5.97 Å². The molecule has 1 heterocycles. The van der Waals surface area contributed by atoms with Crippen LogP contribution in [0.25, 0.3) is 0 Å². The maximum atomic E-state index is 11.0. The van der Waals surface area contributed by atoms with Crippen molar-refractivity contribution >= 4 is 29.2 Å². The molecule has 0 amide bonds. The van der Waals surface area contributed by atoms with E-state index in [1.807, 2.05) is 12.1 Å². The van der Waals surface area contributed by atoms with Crippen LogP contribution in [0.2, 0.25) is 10.0 Å². The smallest absolute Gasteiger partial charge is 0.307 e. The first-order valence-electron chi connectivity index (χ1n) is 5.95. The van der Waals surface area contributed by atoms with E-state index in [9.17, 15) is 4.79 Å². The van der Waals surface area contributed by atoms with Crippen LogP contribution in [0.4, 0.5) is 0 Å². The fraction of sp³-hybridized carbons (Fsp3) is 0.462. The molecule has 1 aromatic carbocycles. The third-order valence-corrected chi connectivity index (χ3v) is 3.98. The summed E-state index contributed by atoms with van der Waals surface area (Å²) in [4.78, 5) is 13.1. The number of carboxylic acids is 1. The summed E-state index contributed by atoms with van der Waals surface area (Å²) >= 11 is 11.8. The lowest BCUT2D eigenvalue weighted by atomic mass is 9.98. The minimum absolute atomic E-state index is 0.249. The predicted octanol–water partition coefficient (Wildman–Crippen LogP) is 3.29. The summed E-state index contributed by atoms with van der Waals surface area (Å²) in [7, 11) is 0. The first-order chi connectivity index (χ1) is 8.56. The van der Waals surface area contributed by atoms with E-state index in [2.05, 4.69) is 4.90 Å². The van der Waals surface area contributed by atoms with Crippen LogP contribution in [-0.4, -0.2) is 29.1 Å². The van der Waals surface area contributed by atoms with Crippen molar-refractivity contribution in [3.63, 3.8) is 0 Å². The van der Waals surface area contributed by atoms with Crippen molar-refractivity contribution in [1.29, 1.82) is 0 Å². The van der Waals surface area contributed by atoms with Gasteiger partial charge < -0.3 is 5.11 Å². The van der Waals surface area contributed by atoms with Crippen LogP contribution in [-0.2, 0) is 11.3 Å². The lowest BCUT2D eigenvalue weighted by Crippen LogP contribution is -2.38. The molecule has 1 atom stereocenters. The number of piperidine rings is 1. The first-order valence-corrected chi connectivity index (χ1v) is 6.71. The van der Waals surface area contributed by atoms with Gasteiger partial charge in [0.15, 0.2) is 0 Å². The highest BCUT2D eigenvalue weighted by molar-refractivity contribution is 6.42. The van der Waals surface area contributed by atoms with Gasteiger partial charge in [0.05, 0.1) is 16.0 Å². The number of carbonyl (C=O) groups is 1. The standard InChI is InChI=1S/C13H15Cl2NO2/c14-11-4-3-9(6-12(11)15)7-16-5-1-2-10(8-16)13(17)18/h3-4,6,10H,1-2,5,7-8H2,(H,17,18). The number of rotatable bonds is 3. The van der Waals surface area contributed by atoms with E-state index in [-0.39, 0.29) is 5.92 Å². The van der Waals surface area contributed by atoms with Crippen LogP contribution in [0.15, 0.2) is 18.2 Å². The van der Waals surface area contributed by atoms with Gasteiger partial charge >= 0.3 is 5.97 Å². The number of aliphatic carboxylic acids is 1. The minimum Gasteiger partial charge on any atom is -0.481 e. The number of hydrogen-bond donors (Lipinski definition) is 1. The summed E-state index contributed by atoms with van der Waals surface area (Å²) in [5.41, 5.74) is 1.07. The van der Waals surface area contributed by atoms with Gasteiger partial charge in [0.2, 0.25) is 0 Å². The predicted molar refractivity (Wildman–Crippen MR) is 72.1 cm³/mol. The monoisotopic (exact) mass is 287 g/mol. The van der Waals surface area contributed by atoms with Crippen LogP contribution >= 0.6 is 23.2 Å². The van der Waals surface area contributed by atoms with Gasteiger partial charge in [-0.1, -0.05) is 29.3 Å². The third kappa shape index (κ3) is 3.37. The Balaban J connectivity index is 2.00. The molecule has 0 aromatic heterocycles. The number of likely N-dealkylation sites (tertiary alicyclic amines) is 1. The van der Waals surface area contributed by atoms with Crippen molar-refractivity contribution in [3.8, 4) is 0 Å². The zero-order valence-corrected chi connectivity index (χ0v) is 11.4. The van der Waals surface area contributed by atoms with Crippen molar-refractivity contribution in [2.75, 3.05) is 13.1 Å². The molecular formula is C13H15Cl2NO2. The Kier molecular flexibility index (Phi) is 4.49. The second kappa shape index (κ2) is 5.91. The Morgan fingerprint density at radius 1 is 1.39 bits per heavy atom. The maximum Gasteiger partial charge on any atom is 0.307 e. The summed E-state index contributed by atoms with van der Waals surface area (Å²) in [5.74, 6) is -0.949. The van der Waals surface area contributed by atoms with Gasteiger partial charge in [-0.2, -0.15) is 0 Å². The Morgan fingerprint density at radius 2 is 2.17 bits per heavy atom. The van der Waals surface area contributed by atoms with Crippen LogP contribution in [0.1, 0.15) is 18.4 Å². The molecule has 1 aromatic rings. The SMILES string of the molecule is O=C(O)C1CCCN(Cc2ccc(Cl)c(Cl)c2)C1. The van der Waals surface area contributed by atoms with Gasteiger partial charge in [-0.05, 0) is 37.1 Å². The van der Waals surface area contributed by atoms with Crippen molar-refractivity contribution < 1.29 is 9.90 Å². The summed E-state index contributed by atoms with van der Waals surface area (Å²) in [5, 5.41) is 10.1. The minimum atomic E-state index is -0.700. The van der Waals surface area contributed by atoms with Crippen LogP contribution < -0.4 is 0 Å². The largest absolute Gasteiger partial charge is 0.481 e. The normalized spacial score (nSPS) is 20.9. The highest BCUT2D eigenvalue weighted by Gasteiger charge is 2.25. The third-order valence-electron chi connectivity index (χ3n) is 3.24. The van der Waals surface area contributed by atoms with Gasteiger partial charge in [0.25, 0.3) is 0 Å². The van der Waals surface area contributed by atoms with Crippen molar-refractivity contribution in [2.24, 2.45) is 5.92 Å². The summed E-state index contributed by atoms with van der Waals surface area (Å²) in [6.45, 7) is 2.26. The molecule has 1 fully saturated rings. The molecule has 1 N–H and O–H groups in total. The first kappa shape index (κ1) is 13.7. The molecule has 18 heavy (non-hydrogen) atoms. The van der Waals surface area contributed by atoms with Crippen molar-refractivity contribution in [3.05, 3.63) is 33.8 Å². The van der Waals surface area contributed by atoms with Crippen LogP contribution in [0.3, 0.4) is 0 Å². The van der Waals surface area contributed by atoms with Gasteiger partial charge in [-0.25, -0.2) is 0 Å². The molecule has 0 aliphatic carbocycles. The molecule has 1 aliphatic heterocycles.